The van der Waals surface area contributed by atoms with Crippen LogP contribution in [-0.2, 0) is 9.59 Å². The van der Waals surface area contributed by atoms with Gasteiger partial charge in [-0.25, -0.2) is 8.78 Å². The smallest absolute Gasteiger partial charge is 0.236 e. The maximum Gasteiger partial charge on any atom is 0.236 e. The van der Waals surface area contributed by atoms with Crippen LogP contribution < -0.4 is 5.32 Å². The molecule has 1 N–H and O–H groups in total. The Kier molecular flexibility index (Phi) is 7.77. The van der Waals surface area contributed by atoms with Gasteiger partial charge in [0.2, 0.25) is 11.8 Å². The maximum absolute atomic E-state index is 13.2. The molecule has 8 heteroatoms. The number of rotatable bonds is 6. The van der Waals surface area contributed by atoms with Gasteiger partial charge in [-0.05, 0) is 30.4 Å². The quantitative estimate of drug-likeness (QED) is 0.765. The molecule has 0 aromatic heterocycles. The van der Waals surface area contributed by atoms with Crippen molar-refractivity contribution < 1.29 is 18.4 Å². The number of hydrogen-bond donors (Lipinski definition) is 1. The number of anilines is 1. The average molecular weight is 423 g/mol. The molecule has 2 saturated heterocycles. The van der Waals surface area contributed by atoms with Gasteiger partial charge in [0.1, 0.15) is 0 Å². The van der Waals surface area contributed by atoms with Gasteiger partial charge in [-0.15, -0.1) is 0 Å². The molecule has 3 rings (SSSR count). The first-order valence-corrected chi connectivity index (χ1v) is 10.8. The van der Waals surface area contributed by atoms with Crippen molar-refractivity contribution in [3.8, 4) is 0 Å². The fourth-order valence-electron chi connectivity index (χ4n) is 4.39. The van der Waals surface area contributed by atoms with E-state index in [2.05, 4.69) is 29.0 Å². The van der Waals surface area contributed by atoms with Crippen LogP contribution in [0.4, 0.5) is 14.5 Å². The molecule has 6 nitrogen and oxygen atoms in total. The zero-order chi connectivity index (χ0) is 21.7. The number of halogens is 2. The molecule has 2 unspecified atom stereocenters. The van der Waals surface area contributed by atoms with Crippen molar-refractivity contribution in [2.24, 2.45) is 11.8 Å². The summed E-state index contributed by atoms with van der Waals surface area (Å²) in [4.78, 5) is 31.1. The van der Waals surface area contributed by atoms with E-state index in [1.54, 1.807) is 0 Å². The van der Waals surface area contributed by atoms with Crippen LogP contribution in [-0.4, -0.2) is 78.9 Å². The Bertz CT molecular complexity index is 743. The van der Waals surface area contributed by atoms with Crippen molar-refractivity contribution in [3.63, 3.8) is 0 Å². The Morgan fingerprint density at radius 3 is 2.27 bits per heavy atom. The molecule has 2 heterocycles. The standard InChI is InChI=1S/C22H32F2N4O2/c1-16-11-17(2)14-28(13-16)22(30)15-27-9-7-26(8-10-27)6-5-21(29)25-18-3-4-19(23)20(24)12-18/h3-4,12,16-17H,5-11,13-15H2,1-2H3,(H,25,29). The molecule has 2 aliphatic rings. The van der Waals surface area contributed by atoms with E-state index in [0.717, 1.165) is 51.4 Å². The van der Waals surface area contributed by atoms with E-state index < -0.39 is 11.6 Å². The number of piperidine rings is 1. The summed E-state index contributed by atoms with van der Waals surface area (Å²) in [5, 5.41) is 2.59. The van der Waals surface area contributed by atoms with Gasteiger partial charge in [-0.3, -0.25) is 14.5 Å². The molecule has 1 aromatic carbocycles. The minimum atomic E-state index is -0.980. The summed E-state index contributed by atoms with van der Waals surface area (Å²) in [5.41, 5.74) is 0.253. The first kappa shape index (κ1) is 22.6. The van der Waals surface area contributed by atoms with E-state index in [4.69, 9.17) is 0 Å². The third-order valence-electron chi connectivity index (χ3n) is 5.90. The summed E-state index contributed by atoms with van der Waals surface area (Å²) in [6.07, 6.45) is 1.47. The summed E-state index contributed by atoms with van der Waals surface area (Å²) in [5.74, 6) is -0.806. The van der Waals surface area contributed by atoms with Crippen molar-refractivity contribution in [2.75, 3.05) is 57.7 Å². The normalized spacial score (nSPS) is 23.4. The van der Waals surface area contributed by atoms with Gasteiger partial charge in [0.25, 0.3) is 0 Å². The van der Waals surface area contributed by atoms with Crippen molar-refractivity contribution >= 4 is 17.5 Å². The molecule has 0 bridgehead atoms. The van der Waals surface area contributed by atoms with Crippen LogP contribution in [0.25, 0.3) is 0 Å². The Hall–Kier alpha value is -2.06. The molecular formula is C22H32F2N4O2. The van der Waals surface area contributed by atoms with Crippen LogP contribution in [0.15, 0.2) is 18.2 Å². The number of carbonyl (C=O) groups excluding carboxylic acids is 2. The molecule has 166 valence electrons. The Morgan fingerprint density at radius 1 is 1.00 bits per heavy atom. The molecule has 2 fully saturated rings. The second kappa shape index (κ2) is 10.3. The number of likely N-dealkylation sites (tertiary alicyclic amines) is 1. The van der Waals surface area contributed by atoms with Crippen molar-refractivity contribution in [1.29, 1.82) is 0 Å². The third kappa shape index (κ3) is 6.47. The third-order valence-corrected chi connectivity index (χ3v) is 5.90. The Morgan fingerprint density at radius 2 is 1.63 bits per heavy atom. The molecule has 2 amide bonds. The SMILES string of the molecule is CC1CC(C)CN(C(=O)CN2CCN(CCC(=O)Nc3ccc(F)c(F)c3)CC2)C1. The maximum atomic E-state index is 13.2. The lowest BCUT2D eigenvalue weighted by Gasteiger charge is -2.38. The van der Waals surface area contributed by atoms with Crippen LogP contribution in [0, 0.1) is 23.5 Å². The number of amides is 2. The van der Waals surface area contributed by atoms with Gasteiger partial charge >= 0.3 is 0 Å². The van der Waals surface area contributed by atoms with Crippen LogP contribution in [0.2, 0.25) is 0 Å². The van der Waals surface area contributed by atoms with E-state index in [9.17, 15) is 18.4 Å². The van der Waals surface area contributed by atoms with Crippen molar-refractivity contribution in [3.05, 3.63) is 29.8 Å². The van der Waals surface area contributed by atoms with E-state index in [-0.39, 0.29) is 23.9 Å². The number of hydrogen-bond acceptors (Lipinski definition) is 4. The lowest BCUT2D eigenvalue weighted by molar-refractivity contribution is -0.135. The molecule has 0 saturated carbocycles. The summed E-state index contributed by atoms with van der Waals surface area (Å²) in [7, 11) is 0. The Balaban J connectivity index is 1.35. The van der Waals surface area contributed by atoms with E-state index >= 15 is 0 Å². The molecular weight excluding hydrogens is 390 g/mol. The summed E-state index contributed by atoms with van der Waals surface area (Å²) in [6, 6.07) is 3.32. The highest BCUT2D eigenvalue weighted by Gasteiger charge is 2.27. The number of benzene rings is 1. The molecule has 2 atom stereocenters. The molecule has 0 aliphatic carbocycles. The highest BCUT2D eigenvalue weighted by atomic mass is 19.2. The fraction of sp³-hybridized carbons (Fsp3) is 0.636. The van der Waals surface area contributed by atoms with E-state index in [1.165, 1.54) is 12.5 Å². The van der Waals surface area contributed by atoms with Crippen LogP contribution >= 0.6 is 0 Å². The number of nitrogens with zero attached hydrogens (tertiary/aromatic N) is 3. The number of carbonyl (C=O) groups is 2. The fourth-order valence-corrected chi connectivity index (χ4v) is 4.39. The van der Waals surface area contributed by atoms with Crippen molar-refractivity contribution in [2.45, 2.75) is 26.7 Å². The van der Waals surface area contributed by atoms with Gasteiger partial charge in [-0.2, -0.15) is 0 Å². The average Bonchev–Trinajstić information content (AvgIpc) is 2.69. The highest BCUT2D eigenvalue weighted by molar-refractivity contribution is 5.90. The van der Waals surface area contributed by atoms with Gasteiger partial charge in [0, 0.05) is 64.0 Å². The van der Waals surface area contributed by atoms with Gasteiger partial charge < -0.3 is 15.1 Å². The first-order valence-electron chi connectivity index (χ1n) is 10.8. The minimum Gasteiger partial charge on any atom is -0.341 e. The summed E-state index contributed by atoms with van der Waals surface area (Å²) >= 11 is 0. The zero-order valence-corrected chi connectivity index (χ0v) is 17.9. The molecule has 1 aromatic rings. The second-order valence-corrected chi connectivity index (χ2v) is 8.79. The topological polar surface area (TPSA) is 55.9 Å². The zero-order valence-electron chi connectivity index (χ0n) is 17.9. The van der Waals surface area contributed by atoms with Gasteiger partial charge in [-0.1, -0.05) is 13.8 Å². The first-order chi connectivity index (χ1) is 14.3. The van der Waals surface area contributed by atoms with Gasteiger partial charge in [0.05, 0.1) is 6.54 Å². The highest BCUT2D eigenvalue weighted by Crippen LogP contribution is 2.21. The summed E-state index contributed by atoms with van der Waals surface area (Å²) in [6.45, 7) is 10.4. The molecule has 30 heavy (non-hydrogen) atoms. The number of piperazine rings is 1. The molecule has 0 spiro atoms. The van der Waals surface area contributed by atoms with Crippen LogP contribution in [0.3, 0.4) is 0 Å². The lowest BCUT2D eigenvalue weighted by Crippen LogP contribution is -2.52. The summed E-state index contributed by atoms with van der Waals surface area (Å²) < 4.78 is 26.2. The van der Waals surface area contributed by atoms with E-state index in [1.807, 2.05) is 4.90 Å². The minimum absolute atomic E-state index is 0.216. The predicted octanol–water partition coefficient (Wildman–Crippen LogP) is 2.42. The molecule has 0 radical (unpaired) electrons. The largest absolute Gasteiger partial charge is 0.341 e. The van der Waals surface area contributed by atoms with Gasteiger partial charge in [0.15, 0.2) is 11.6 Å². The predicted molar refractivity (Wildman–Crippen MR) is 112 cm³/mol. The van der Waals surface area contributed by atoms with Crippen molar-refractivity contribution in [1.82, 2.24) is 14.7 Å². The second-order valence-electron chi connectivity index (χ2n) is 8.79. The van der Waals surface area contributed by atoms with Crippen LogP contribution in [0.5, 0.6) is 0 Å². The van der Waals surface area contributed by atoms with Crippen LogP contribution in [0.1, 0.15) is 26.7 Å². The molecule has 2 aliphatic heterocycles. The number of nitrogens with one attached hydrogen (secondary N) is 1. The lowest BCUT2D eigenvalue weighted by atomic mass is 9.92. The van der Waals surface area contributed by atoms with E-state index in [0.29, 0.717) is 24.9 Å². The Labute approximate surface area is 177 Å². The monoisotopic (exact) mass is 422 g/mol.